The van der Waals surface area contributed by atoms with Crippen LogP contribution in [-0.2, 0) is 19.9 Å². The Bertz CT molecular complexity index is 1250. The average Bonchev–Trinajstić information content (AvgIpc) is 2.69. The van der Waals surface area contributed by atoms with Gasteiger partial charge in [0.25, 0.3) is 19.9 Å². The Kier molecular flexibility index (Phi) is 5.77. The summed E-state index contributed by atoms with van der Waals surface area (Å²) in [5.74, 6) is 0. The highest BCUT2D eigenvalue weighted by Gasteiger charge is 2.47. The molecule has 0 bridgehead atoms. The van der Waals surface area contributed by atoms with E-state index in [1.165, 1.54) is 24.3 Å². The molecule has 11 heteroatoms. The average molecular weight is 456 g/mol. The Balaban J connectivity index is 2.08. The first kappa shape index (κ1) is 21.7. The van der Waals surface area contributed by atoms with Crippen molar-refractivity contribution in [3.05, 3.63) is 78.9 Å². The molecule has 0 fully saturated rings. The number of rotatable bonds is 6. The summed E-state index contributed by atoms with van der Waals surface area (Å²) in [6, 6.07) is 17.9. The lowest BCUT2D eigenvalue weighted by Crippen LogP contribution is -2.23. The van der Waals surface area contributed by atoms with Crippen LogP contribution in [0.15, 0.2) is 88.7 Å². The van der Waals surface area contributed by atoms with Crippen molar-refractivity contribution in [3.8, 4) is 0 Å². The fourth-order valence-electron chi connectivity index (χ4n) is 2.50. The van der Waals surface area contributed by atoms with Gasteiger partial charge < -0.3 is 5.32 Å². The van der Waals surface area contributed by atoms with Crippen molar-refractivity contribution in [2.75, 3.05) is 10.0 Å². The van der Waals surface area contributed by atoms with E-state index in [0.717, 1.165) is 12.1 Å². The lowest BCUT2D eigenvalue weighted by Gasteiger charge is -2.16. The zero-order chi connectivity index (χ0) is 22.0. The maximum absolute atomic E-state index is 13.0. The molecule has 0 saturated carbocycles. The molecule has 6 nitrogen and oxygen atoms in total. The number of para-hydroxylation sites is 1. The number of hydrogen-bond acceptors (Lipinski definition) is 5. The molecule has 0 heterocycles. The van der Waals surface area contributed by atoms with Gasteiger partial charge in [0.05, 0.1) is 21.2 Å². The molecular formula is C19H15F3N2O4S2. The molecule has 0 saturated heterocycles. The second kappa shape index (κ2) is 8.00. The topological polar surface area (TPSA) is 92.3 Å². The highest BCUT2D eigenvalue weighted by molar-refractivity contribution is 7.93. The molecular weight excluding hydrogens is 441 g/mol. The summed E-state index contributed by atoms with van der Waals surface area (Å²) in [6.07, 6.45) is 0. The predicted octanol–water partition coefficient (Wildman–Crippen LogP) is 4.52. The smallest absolute Gasteiger partial charge is 0.354 e. The molecule has 0 aliphatic heterocycles. The lowest BCUT2D eigenvalue weighted by atomic mass is 10.2. The summed E-state index contributed by atoms with van der Waals surface area (Å²) in [7, 11) is -9.69. The molecule has 0 unspecified atom stereocenters. The maximum Gasteiger partial charge on any atom is 0.501 e. The van der Waals surface area contributed by atoms with Gasteiger partial charge in [-0.05, 0) is 42.5 Å². The fourth-order valence-corrected chi connectivity index (χ4v) is 4.39. The zero-order valence-electron chi connectivity index (χ0n) is 15.1. The summed E-state index contributed by atoms with van der Waals surface area (Å²) in [6.45, 7) is 0. The maximum atomic E-state index is 13.0. The van der Waals surface area contributed by atoms with Crippen molar-refractivity contribution in [2.45, 2.75) is 15.3 Å². The van der Waals surface area contributed by atoms with Crippen LogP contribution in [0.3, 0.4) is 0 Å². The van der Waals surface area contributed by atoms with Gasteiger partial charge in [0.2, 0.25) is 0 Å². The second-order valence-electron chi connectivity index (χ2n) is 6.07. The third-order valence-corrected chi connectivity index (χ3v) is 6.82. The number of hydrogen-bond donors (Lipinski definition) is 2. The number of nitrogens with one attached hydrogen (secondary N) is 2. The van der Waals surface area contributed by atoms with Gasteiger partial charge in [0, 0.05) is 5.69 Å². The van der Waals surface area contributed by atoms with Crippen molar-refractivity contribution in [1.29, 1.82) is 0 Å². The molecule has 0 amide bonds. The lowest BCUT2D eigenvalue weighted by molar-refractivity contribution is -0.0436. The van der Waals surface area contributed by atoms with Gasteiger partial charge in [-0.25, -0.2) is 16.8 Å². The van der Waals surface area contributed by atoms with Crippen LogP contribution in [0.2, 0.25) is 0 Å². The summed E-state index contributed by atoms with van der Waals surface area (Å²) in [5.41, 5.74) is -5.36. The molecule has 3 rings (SSSR count). The predicted molar refractivity (Wildman–Crippen MR) is 107 cm³/mol. The van der Waals surface area contributed by atoms with Crippen LogP contribution in [-0.4, -0.2) is 22.3 Å². The van der Waals surface area contributed by atoms with Crippen LogP contribution in [0.5, 0.6) is 0 Å². The molecule has 158 valence electrons. The Labute approximate surface area is 171 Å². The summed E-state index contributed by atoms with van der Waals surface area (Å²) >= 11 is 0. The van der Waals surface area contributed by atoms with Crippen LogP contribution in [0, 0.1) is 0 Å². The Hall–Kier alpha value is -3.05. The molecule has 0 radical (unpaired) electrons. The van der Waals surface area contributed by atoms with Gasteiger partial charge in [-0.15, -0.1) is 0 Å². The van der Waals surface area contributed by atoms with E-state index in [0.29, 0.717) is 11.8 Å². The summed E-state index contributed by atoms with van der Waals surface area (Å²) < 4.78 is 89.9. The quantitative estimate of drug-likeness (QED) is 0.569. The van der Waals surface area contributed by atoms with E-state index in [4.69, 9.17) is 0 Å². The van der Waals surface area contributed by atoms with Gasteiger partial charge in [-0.3, -0.25) is 4.72 Å². The molecule has 0 atom stereocenters. The second-order valence-corrected chi connectivity index (χ2v) is 9.69. The van der Waals surface area contributed by atoms with Crippen LogP contribution in [0.1, 0.15) is 0 Å². The minimum absolute atomic E-state index is 0.0670. The number of sulfone groups is 1. The number of anilines is 3. The highest BCUT2D eigenvalue weighted by atomic mass is 32.2. The normalized spacial score (nSPS) is 12.4. The first-order chi connectivity index (χ1) is 14.0. The van der Waals surface area contributed by atoms with Crippen molar-refractivity contribution >= 4 is 36.9 Å². The first-order valence-electron chi connectivity index (χ1n) is 8.36. The van der Waals surface area contributed by atoms with E-state index < -0.39 is 30.3 Å². The van der Waals surface area contributed by atoms with Crippen molar-refractivity contribution < 1.29 is 30.0 Å². The van der Waals surface area contributed by atoms with Crippen LogP contribution in [0.25, 0.3) is 0 Å². The van der Waals surface area contributed by atoms with Gasteiger partial charge in [0.1, 0.15) is 0 Å². The monoisotopic (exact) mass is 456 g/mol. The van der Waals surface area contributed by atoms with Gasteiger partial charge in [-0.1, -0.05) is 36.4 Å². The molecule has 2 N–H and O–H groups in total. The number of halogens is 3. The van der Waals surface area contributed by atoms with Crippen LogP contribution >= 0.6 is 0 Å². The highest BCUT2D eigenvalue weighted by Crippen LogP contribution is 2.35. The first-order valence-corrected chi connectivity index (χ1v) is 11.3. The third-order valence-electron chi connectivity index (χ3n) is 3.96. The molecule has 0 aromatic heterocycles. The van der Waals surface area contributed by atoms with Gasteiger partial charge in [-0.2, -0.15) is 13.2 Å². The van der Waals surface area contributed by atoms with Crippen molar-refractivity contribution in [3.63, 3.8) is 0 Å². The standard InChI is InChI=1S/C19H15F3N2O4S2/c20-19(21,22)29(25,26)16-11-12-17(18(13-16)23-14-7-3-1-4-8-14)24-30(27,28)15-9-5-2-6-10-15/h1-13,23-24H. The Morgan fingerprint density at radius 2 is 1.23 bits per heavy atom. The van der Waals surface area contributed by atoms with Gasteiger partial charge >= 0.3 is 5.51 Å². The number of benzene rings is 3. The minimum atomic E-state index is -5.62. The summed E-state index contributed by atoms with van der Waals surface area (Å²) in [5, 5.41) is 2.75. The van der Waals surface area contributed by atoms with E-state index in [1.54, 1.807) is 36.4 Å². The van der Waals surface area contributed by atoms with Crippen molar-refractivity contribution in [2.24, 2.45) is 0 Å². The Morgan fingerprint density at radius 3 is 1.80 bits per heavy atom. The fraction of sp³-hybridized carbons (Fsp3) is 0.0526. The molecule has 0 aliphatic carbocycles. The minimum Gasteiger partial charge on any atom is -0.354 e. The van der Waals surface area contributed by atoms with Gasteiger partial charge in [0.15, 0.2) is 0 Å². The SMILES string of the molecule is O=S(=O)(Nc1ccc(S(=O)(=O)C(F)(F)F)cc1Nc1ccccc1)c1ccccc1. The van der Waals surface area contributed by atoms with E-state index in [1.807, 2.05) is 0 Å². The molecule has 30 heavy (non-hydrogen) atoms. The van der Waals surface area contributed by atoms with E-state index >= 15 is 0 Å². The summed E-state index contributed by atoms with van der Waals surface area (Å²) in [4.78, 5) is -1.08. The number of sulfonamides is 1. The largest absolute Gasteiger partial charge is 0.501 e. The van der Waals surface area contributed by atoms with Crippen LogP contribution < -0.4 is 10.0 Å². The van der Waals surface area contributed by atoms with Crippen LogP contribution in [0.4, 0.5) is 30.2 Å². The van der Waals surface area contributed by atoms with E-state index in [9.17, 15) is 30.0 Å². The van der Waals surface area contributed by atoms with E-state index in [-0.39, 0.29) is 16.3 Å². The third kappa shape index (κ3) is 4.57. The molecule has 0 spiro atoms. The van der Waals surface area contributed by atoms with Crippen molar-refractivity contribution in [1.82, 2.24) is 0 Å². The zero-order valence-corrected chi connectivity index (χ0v) is 16.7. The Morgan fingerprint density at radius 1 is 0.667 bits per heavy atom. The molecule has 0 aliphatic rings. The van der Waals surface area contributed by atoms with E-state index in [2.05, 4.69) is 10.0 Å². The number of alkyl halides is 3. The molecule has 3 aromatic carbocycles. The molecule has 3 aromatic rings.